The van der Waals surface area contributed by atoms with Gasteiger partial charge in [-0.05, 0) is 18.6 Å². The minimum Gasteiger partial charge on any atom is -0.478 e. The maximum absolute atomic E-state index is 10.7. The van der Waals surface area contributed by atoms with Crippen LogP contribution < -0.4 is 0 Å². The van der Waals surface area contributed by atoms with Crippen LogP contribution >= 0.6 is 27.5 Å². The average molecular weight is 264 g/mol. The Morgan fingerprint density at radius 2 is 2.23 bits per heavy atom. The smallest absolute Gasteiger partial charge is 0.337 e. The zero-order valence-corrected chi connectivity index (χ0v) is 9.26. The fourth-order valence-corrected chi connectivity index (χ4v) is 1.91. The molecule has 0 bridgehead atoms. The largest absolute Gasteiger partial charge is 0.478 e. The van der Waals surface area contributed by atoms with Crippen LogP contribution in [0.25, 0.3) is 0 Å². The van der Waals surface area contributed by atoms with Crippen molar-refractivity contribution in [3.8, 4) is 0 Å². The summed E-state index contributed by atoms with van der Waals surface area (Å²) in [6.07, 6.45) is 0. The number of benzene rings is 1. The number of alkyl halides is 1. The highest BCUT2D eigenvalue weighted by molar-refractivity contribution is 9.09. The van der Waals surface area contributed by atoms with Gasteiger partial charge in [-0.2, -0.15) is 0 Å². The summed E-state index contributed by atoms with van der Waals surface area (Å²) in [5, 5.41) is 9.08. The summed E-state index contributed by atoms with van der Waals surface area (Å²) in [7, 11) is 0. The van der Waals surface area contributed by atoms with Crippen LogP contribution in [-0.4, -0.2) is 11.1 Å². The molecule has 0 spiro atoms. The molecule has 0 amide bonds. The van der Waals surface area contributed by atoms with Crippen molar-refractivity contribution in [2.45, 2.75) is 11.8 Å². The molecule has 2 nitrogen and oxygen atoms in total. The topological polar surface area (TPSA) is 37.3 Å². The van der Waals surface area contributed by atoms with E-state index in [1.54, 1.807) is 12.1 Å². The van der Waals surface area contributed by atoms with Gasteiger partial charge >= 0.3 is 5.97 Å². The minimum absolute atomic E-state index is 0.0549. The van der Waals surface area contributed by atoms with E-state index >= 15 is 0 Å². The van der Waals surface area contributed by atoms with E-state index in [1.807, 2.05) is 6.92 Å². The Labute approximate surface area is 89.7 Å². The molecule has 0 radical (unpaired) electrons. The molecule has 70 valence electrons. The van der Waals surface area contributed by atoms with Crippen molar-refractivity contribution in [1.29, 1.82) is 0 Å². The molecule has 4 heteroatoms. The molecule has 1 unspecified atom stereocenters. The highest BCUT2D eigenvalue weighted by Gasteiger charge is 2.13. The molecular formula is C9H8BrClO2. The molecule has 1 aromatic carbocycles. The van der Waals surface area contributed by atoms with E-state index in [0.717, 1.165) is 5.56 Å². The van der Waals surface area contributed by atoms with Crippen molar-refractivity contribution in [3.63, 3.8) is 0 Å². The van der Waals surface area contributed by atoms with E-state index < -0.39 is 5.97 Å². The molecule has 0 aliphatic heterocycles. The standard InChI is InChI=1S/C9H8BrClO2/c1-5(10)6-3-2-4-7(8(6)11)9(12)13/h2-5H,1H3,(H,12,13). The molecule has 13 heavy (non-hydrogen) atoms. The molecule has 1 rings (SSSR count). The normalized spacial score (nSPS) is 12.5. The summed E-state index contributed by atoms with van der Waals surface area (Å²) >= 11 is 9.23. The lowest BCUT2D eigenvalue weighted by Gasteiger charge is -2.08. The summed E-state index contributed by atoms with van der Waals surface area (Å²) in [6, 6.07) is 4.97. The van der Waals surface area contributed by atoms with E-state index in [-0.39, 0.29) is 10.4 Å². The molecule has 0 aromatic heterocycles. The Bertz CT molecular complexity index is 336. The fourth-order valence-electron chi connectivity index (χ4n) is 1.02. The third-order valence-electron chi connectivity index (χ3n) is 1.69. The van der Waals surface area contributed by atoms with Crippen molar-refractivity contribution < 1.29 is 9.90 Å². The predicted molar refractivity (Wildman–Crippen MR) is 55.8 cm³/mol. The van der Waals surface area contributed by atoms with Crippen LogP contribution in [0, 0.1) is 0 Å². The number of carbonyl (C=O) groups is 1. The Morgan fingerprint density at radius 3 is 2.69 bits per heavy atom. The number of aromatic carboxylic acids is 1. The summed E-state index contributed by atoms with van der Waals surface area (Å²) in [6.45, 7) is 1.90. The van der Waals surface area contributed by atoms with Gasteiger partial charge in [0.05, 0.1) is 10.6 Å². The molecular weight excluding hydrogens is 255 g/mol. The van der Waals surface area contributed by atoms with Crippen LogP contribution in [0.5, 0.6) is 0 Å². The third kappa shape index (κ3) is 2.23. The first-order chi connectivity index (χ1) is 6.04. The second-order valence-corrected chi connectivity index (χ2v) is 4.38. The van der Waals surface area contributed by atoms with Gasteiger partial charge in [-0.1, -0.05) is 39.7 Å². The monoisotopic (exact) mass is 262 g/mol. The Kier molecular flexibility index (Phi) is 3.33. The van der Waals surface area contributed by atoms with Crippen molar-refractivity contribution in [2.75, 3.05) is 0 Å². The van der Waals surface area contributed by atoms with E-state index in [9.17, 15) is 4.79 Å². The van der Waals surface area contributed by atoms with Crippen LogP contribution in [0.15, 0.2) is 18.2 Å². The van der Waals surface area contributed by atoms with E-state index in [2.05, 4.69) is 15.9 Å². The molecule has 0 aliphatic carbocycles. The quantitative estimate of drug-likeness (QED) is 0.829. The van der Waals surface area contributed by atoms with Crippen molar-refractivity contribution in [3.05, 3.63) is 34.3 Å². The number of rotatable bonds is 2. The van der Waals surface area contributed by atoms with Crippen molar-refractivity contribution >= 4 is 33.5 Å². The Balaban J connectivity index is 3.26. The van der Waals surface area contributed by atoms with Gasteiger partial charge in [-0.25, -0.2) is 4.79 Å². The molecule has 1 aromatic rings. The molecule has 1 atom stereocenters. The number of carboxylic acid groups (broad SMARTS) is 1. The zero-order chi connectivity index (χ0) is 10.0. The molecule has 0 heterocycles. The lowest BCUT2D eigenvalue weighted by Crippen LogP contribution is -1.99. The predicted octanol–water partition coefficient (Wildman–Crippen LogP) is 3.49. The first-order valence-corrected chi connectivity index (χ1v) is 4.99. The SMILES string of the molecule is CC(Br)c1cccc(C(=O)O)c1Cl. The maximum Gasteiger partial charge on any atom is 0.337 e. The van der Waals surface area contributed by atoms with Gasteiger partial charge in [0.25, 0.3) is 0 Å². The summed E-state index contributed by atoms with van der Waals surface area (Å²) in [5.41, 5.74) is 0.937. The van der Waals surface area contributed by atoms with Gasteiger partial charge in [-0.3, -0.25) is 0 Å². The lowest BCUT2D eigenvalue weighted by molar-refractivity contribution is 0.0697. The maximum atomic E-state index is 10.7. The van der Waals surface area contributed by atoms with Gasteiger partial charge in [0, 0.05) is 4.83 Å². The van der Waals surface area contributed by atoms with Gasteiger partial charge in [-0.15, -0.1) is 0 Å². The minimum atomic E-state index is -1.000. The molecule has 0 aliphatic rings. The molecule has 0 fully saturated rings. The zero-order valence-electron chi connectivity index (χ0n) is 6.92. The second kappa shape index (κ2) is 4.11. The first kappa shape index (κ1) is 10.5. The highest BCUT2D eigenvalue weighted by Crippen LogP contribution is 2.30. The lowest BCUT2D eigenvalue weighted by atomic mass is 10.1. The van der Waals surface area contributed by atoms with Crippen LogP contribution in [0.1, 0.15) is 27.7 Å². The molecule has 0 saturated heterocycles. The number of hydrogen-bond donors (Lipinski definition) is 1. The van der Waals surface area contributed by atoms with E-state index in [4.69, 9.17) is 16.7 Å². The van der Waals surface area contributed by atoms with Crippen molar-refractivity contribution in [2.24, 2.45) is 0 Å². The van der Waals surface area contributed by atoms with Crippen LogP contribution in [-0.2, 0) is 0 Å². The summed E-state index contributed by atoms with van der Waals surface area (Å²) in [5.74, 6) is -1.000. The third-order valence-corrected chi connectivity index (χ3v) is 2.60. The fraction of sp³-hybridized carbons (Fsp3) is 0.222. The van der Waals surface area contributed by atoms with Crippen LogP contribution in [0.2, 0.25) is 5.02 Å². The van der Waals surface area contributed by atoms with Crippen LogP contribution in [0.3, 0.4) is 0 Å². The summed E-state index contributed by atoms with van der Waals surface area (Å²) in [4.78, 5) is 10.8. The average Bonchev–Trinajstić information content (AvgIpc) is 2.03. The van der Waals surface area contributed by atoms with Gasteiger partial charge in [0.15, 0.2) is 0 Å². The second-order valence-electron chi connectivity index (χ2n) is 2.63. The Hall–Kier alpha value is -0.540. The Morgan fingerprint density at radius 1 is 1.62 bits per heavy atom. The molecule has 1 N–H and O–H groups in total. The number of carboxylic acids is 1. The first-order valence-electron chi connectivity index (χ1n) is 3.69. The van der Waals surface area contributed by atoms with Crippen molar-refractivity contribution in [1.82, 2.24) is 0 Å². The number of halogens is 2. The number of hydrogen-bond acceptors (Lipinski definition) is 1. The van der Waals surface area contributed by atoms with Gasteiger partial charge in [0.1, 0.15) is 0 Å². The molecule has 0 saturated carbocycles. The highest BCUT2D eigenvalue weighted by atomic mass is 79.9. The van der Waals surface area contributed by atoms with Gasteiger partial charge < -0.3 is 5.11 Å². The van der Waals surface area contributed by atoms with E-state index in [1.165, 1.54) is 6.07 Å². The van der Waals surface area contributed by atoms with Crippen LogP contribution in [0.4, 0.5) is 0 Å². The summed E-state index contributed by atoms with van der Waals surface area (Å²) < 4.78 is 0. The van der Waals surface area contributed by atoms with Gasteiger partial charge in [0.2, 0.25) is 0 Å². The van der Waals surface area contributed by atoms with E-state index in [0.29, 0.717) is 5.02 Å².